The van der Waals surface area contributed by atoms with E-state index in [9.17, 15) is 17.6 Å². The van der Waals surface area contributed by atoms with Crippen LogP contribution < -0.4 is 13.8 Å². The summed E-state index contributed by atoms with van der Waals surface area (Å²) in [7, 11) is -2.20. The minimum Gasteiger partial charge on any atom is -0.497 e. The predicted octanol–water partition coefficient (Wildman–Crippen LogP) is 5.81. The van der Waals surface area contributed by atoms with E-state index in [1.54, 1.807) is 43.5 Å². The van der Waals surface area contributed by atoms with Gasteiger partial charge in [0.2, 0.25) is 10.0 Å². The van der Waals surface area contributed by atoms with E-state index in [0.717, 1.165) is 11.8 Å². The lowest BCUT2D eigenvalue weighted by Crippen LogP contribution is -2.30. The van der Waals surface area contributed by atoms with E-state index in [-0.39, 0.29) is 35.4 Å². The first-order chi connectivity index (χ1) is 17.1. The molecule has 0 unspecified atom stereocenters. The van der Waals surface area contributed by atoms with E-state index in [4.69, 9.17) is 13.9 Å². The van der Waals surface area contributed by atoms with Crippen molar-refractivity contribution in [2.75, 3.05) is 17.7 Å². The highest BCUT2D eigenvalue weighted by molar-refractivity contribution is 7.92. The second-order valence-electron chi connectivity index (χ2n) is 8.57. The summed E-state index contributed by atoms with van der Waals surface area (Å²) in [6.45, 7) is 3.68. The van der Waals surface area contributed by atoms with E-state index in [0.29, 0.717) is 28.6 Å². The van der Waals surface area contributed by atoms with Gasteiger partial charge in [-0.3, -0.25) is 9.10 Å². The molecule has 4 rings (SSSR count). The van der Waals surface area contributed by atoms with Crippen LogP contribution in [0.25, 0.3) is 22.3 Å². The smallest absolute Gasteiger partial charge is 0.232 e. The molecule has 0 fully saturated rings. The van der Waals surface area contributed by atoms with Crippen LogP contribution in [0, 0.1) is 5.82 Å². The van der Waals surface area contributed by atoms with Crippen molar-refractivity contribution in [1.29, 1.82) is 0 Å². The van der Waals surface area contributed by atoms with Crippen LogP contribution in [-0.2, 0) is 16.6 Å². The normalized spacial score (nSPS) is 11.6. The Morgan fingerprint density at radius 2 is 1.72 bits per heavy atom. The quantitative estimate of drug-likeness (QED) is 0.264. The summed E-state index contributed by atoms with van der Waals surface area (Å²) in [6.07, 6.45) is 1.50. The van der Waals surface area contributed by atoms with Crippen molar-refractivity contribution >= 4 is 33.0 Å². The molecule has 4 aromatic rings. The van der Waals surface area contributed by atoms with E-state index in [1.807, 2.05) is 13.8 Å². The number of rotatable bonds is 9. The number of benzene rings is 3. The summed E-state index contributed by atoms with van der Waals surface area (Å²) >= 11 is 0. The van der Waals surface area contributed by atoms with Gasteiger partial charge < -0.3 is 13.9 Å². The third-order valence-corrected chi connectivity index (χ3v) is 6.68. The molecule has 0 aliphatic carbocycles. The Hall–Kier alpha value is -3.85. The highest BCUT2D eigenvalue weighted by atomic mass is 32.2. The second kappa shape index (κ2) is 10.0. The number of nitrogens with zero attached hydrogens (tertiary/aromatic N) is 1. The molecule has 0 atom stereocenters. The van der Waals surface area contributed by atoms with Crippen LogP contribution >= 0.6 is 0 Å². The summed E-state index contributed by atoms with van der Waals surface area (Å²) < 4.78 is 57.8. The Morgan fingerprint density at radius 1 is 1.06 bits per heavy atom. The number of sulfonamides is 1. The number of hydrogen-bond donors (Lipinski definition) is 0. The highest BCUT2D eigenvalue weighted by Gasteiger charge is 2.26. The summed E-state index contributed by atoms with van der Waals surface area (Å²) in [4.78, 5) is 12.1. The van der Waals surface area contributed by atoms with E-state index in [1.165, 1.54) is 28.6 Å². The lowest BCUT2D eigenvalue weighted by molar-refractivity contribution is 0.112. The van der Waals surface area contributed by atoms with E-state index < -0.39 is 15.8 Å². The molecule has 3 aromatic carbocycles. The van der Waals surface area contributed by atoms with Crippen molar-refractivity contribution in [3.05, 3.63) is 77.6 Å². The van der Waals surface area contributed by atoms with E-state index >= 15 is 0 Å². The van der Waals surface area contributed by atoms with Crippen molar-refractivity contribution in [3.8, 4) is 22.8 Å². The van der Waals surface area contributed by atoms with Crippen molar-refractivity contribution in [2.45, 2.75) is 26.5 Å². The third kappa shape index (κ3) is 5.21. The Balaban J connectivity index is 1.90. The van der Waals surface area contributed by atoms with Crippen LogP contribution in [0.3, 0.4) is 0 Å². The van der Waals surface area contributed by atoms with Crippen LogP contribution in [-0.4, -0.2) is 34.2 Å². The molecule has 1 heterocycles. The van der Waals surface area contributed by atoms with Crippen molar-refractivity contribution in [2.24, 2.45) is 0 Å². The Bertz CT molecular complexity index is 1490. The number of ether oxygens (including phenoxy) is 2. The van der Waals surface area contributed by atoms with Crippen LogP contribution in [0.15, 0.2) is 65.1 Å². The first-order valence-electron chi connectivity index (χ1n) is 11.2. The molecule has 0 saturated carbocycles. The first kappa shape index (κ1) is 25.2. The lowest BCUT2D eigenvalue weighted by atomic mass is 10.1. The van der Waals surface area contributed by atoms with Crippen LogP contribution in [0.1, 0.15) is 29.8 Å². The molecule has 188 valence electrons. The Kier molecular flexibility index (Phi) is 7.03. The number of aldehydes is 1. The molecule has 0 radical (unpaired) electrons. The van der Waals surface area contributed by atoms with Gasteiger partial charge in [0.15, 0.2) is 6.29 Å². The largest absolute Gasteiger partial charge is 0.497 e. The van der Waals surface area contributed by atoms with E-state index in [2.05, 4.69) is 0 Å². The molecule has 0 amide bonds. The Morgan fingerprint density at radius 3 is 2.28 bits per heavy atom. The molecule has 7 nitrogen and oxygen atoms in total. The zero-order chi connectivity index (χ0) is 26.0. The van der Waals surface area contributed by atoms with Crippen molar-refractivity contribution < 1.29 is 31.5 Å². The fraction of sp³-hybridized carbons (Fsp3) is 0.222. The molecular weight excluding hydrogens is 485 g/mol. The third-order valence-electron chi connectivity index (χ3n) is 5.55. The van der Waals surface area contributed by atoms with Gasteiger partial charge in [-0.2, -0.15) is 0 Å². The van der Waals surface area contributed by atoms with Gasteiger partial charge in [0.05, 0.1) is 37.3 Å². The lowest BCUT2D eigenvalue weighted by Gasteiger charge is -2.26. The average Bonchev–Trinajstić information content (AvgIpc) is 3.19. The molecule has 0 aliphatic heterocycles. The van der Waals surface area contributed by atoms with Gasteiger partial charge in [-0.1, -0.05) is 12.1 Å². The monoisotopic (exact) mass is 511 g/mol. The summed E-state index contributed by atoms with van der Waals surface area (Å²) in [6, 6.07) is 15.8. The van der Waals surface area contributed by atoms with Crippen LogP contribution in [0.2, 0.25) is 0 Å². The minimum atomic E-state index is -3.76. The molecular formula is C27H26FNO6S. The zero-order valence-corrected chi connectivity index (χ0v) is 21.1. The second-order valence-corrected chi connectivity index (χ2v) is 10.5. The number of fused-ring (bicyclic) bond motifs is 1. The molecule has 0 aliphatic rings. The summed E-state index contributed by atoms with van der Waals surface area (Å²) in [5.41, 5.74) is 2.08. The Labute approximate surface area is 209 Å². The first-order valence-corrected chi connectivity index (χ1v) is 13.0. The average molecular weight is 512 g/mol. The number of carbonyl (C=O) groups excluding carboxylic acids is 1. The zero-order valence-electron chi connectivity index (χ0n) is 20.3. The maximum Gasteiger partial charge on any atom is 0.232 e. The number of hydrogen-bond acceptors (Lipinski definition) is 6. The fourth-order valence-corrected chi connectivity index (χ4v) is 4.77. The summed E-state index contributed by atoms with van der Waals surface area (Å²) in [5, 5.41) is 0.460. The molecule has 9 heteroatoms. The number of halogens is 1. The number of furan rings is 1. The van der Waals surface area contributed by atoms with Gasteiger partial charge in [0, 0.05) is 17.0 Å². The van der Waals surface area contributed by atoms with Gasteiger partial charge in [-0.25, -0.2) is 12.8 Å². The molecule has 0 bridgehead atoms. The molecule has 0 N–H and O–H groups in total. The van der Waals surface area contributed by atoms with Crippen LogP contribution in [0.5, 0.6) is 11.5 Å². The fourth-order valence-electron chi connectivity index (χ4n) is 3.89. The van der Waals surface area contributed by atoms with Gasteiger partial charge in [0.1, 0.15) is 28.7 Å². The highest BCUT2D eigenvalue weighted by Crippen LogP contribution is 2.41. The SMILES string of the molecule is COc1ccc(CN(c2cc3oc(-c4ccc(F)cc4)c(C=O)c3cc2OC(C)C)S(C)(=O)=O)cc1. The topological polar surface area (TPSA) is 86.0 Å². The minimum absolute atomic E-state index is 0.0366. The predicted molar refractivity (Wildman–Crippen MR) is 137 cm³/mol. The maximum absolute atomic E-state index is 13.5. The summed E-state index contributed by atoms with van der Waals surface area (Å²) in [5.74, 6) is 0.777. The van der Waals surface area contributed by atoms with Crippen molar-refractivity contribution in [3.63, 3.8) is 0 Å². The number of anilines is 1. The van der Waals surface area contributed by atoms with Crippen LogP contribution in [0.4, 0.5) is 10.1 Å². The molecule has 1 aromatic heterocycles. The number of methoxy groups -OCH3 is 1. The molecule has 36 heavy (non-hydrogen) atoms. The van der Waals surface area contributed by atoms with Gasteiger partial charge >= 0.3 is 0 Å². The standard InChI is InChI=1S/C27H26FNO6S/c1-17(2)34-26-13-22-23(16-30)27(19-7-9-20(28)10-8-19)35-25(22)14-24(26)29(36(4,31)32)15-18-5-11-21(33-3)12-6-18/h5-14,16-17H,15H2,1-4H3. The van der Waals surface area contributed by atoms with Gasteiger partial charge in [0.25, 0.3) is 0 Å². The van der Waals surface area contributed by atoms with Gasteiger partial charge in [-0.15, -0.1) is 0 Å². The van der Waals surface area contributed by atoms with Crippen molar-refractivity contribution in [1.82, 2.24) is 0 Å². The maximum atomic E-state index is 13.5. The number of carbonyl (C=O) groups is 1. The molecule has 0 saturated heterocycles. The van der Waals surface area contributed by atoms with Gasteiger partial charge in [-0.05, 0) is 61.9 Å². The molecule has 0 spiro atoms.